The summed E-state index contributed by atoms with van der Waals surface area (Å²) in [7, 11) is 0. The molecule has 0 aliphatic rings. The molecule has 7 nitrogen and oxygen atoms in total. The zero-order valence-electron chi connectivity index (χ0n) is 18.8. The maximum Gasteiger partial charge on any atom is 0.347 e. The molecule has 0 fully saturated rings. The lowest BCUT2D eigenvalue weighted by molar-refractivity contribution is 0.0701. The molecular weight excluding hydrogens is 450 g/mol. The van der Waals surface area contributed by atoms with Crippen molar-refractivity contribution in [1.82, 2.24) is 9.55 Å². The van der Waals surface area contributed by atoms with Gasteiger partial charge < -0.3 is 20.1 Å². The van der Waals surface area contributed by atoms with Gasteiger partial charge in [-0.1, -0.05) is 33.3 Å². The number of halogens is 1. The van der Waals surface area contributed by atoms with Gasteiger partial charge in [-0.05, 0) is 31.4 Å². The third kappa shape index (κ3) is 5.14. The molecule has 3 N–H and O–H groups in total. The molecule has 0 amide bonds. The van der Waals surface area contributed by atoms with E-state index in [1.807, 2.05) is 12.1 Å². The smallest absolute Gasteiger partial charge is 0.347 e. The number of hydrogen-bond donors (Lipinski definition) is 2. The van der Waals surface area contributed by atoms with Crippen molar-refractivity contribution in [3.05, 3.63) is 44.8 Å². The number of benzene rings is 1. The Bertz CT molecular complexity index is 1170. The number of carboxylic acids is 1. The first kappa shape index (κ1) is 25.8. The molecule has 174 valence electrons. The number of fused-ring (bicyclic) bond motifs is 1. The fraction of sp³-hybridized carbons (Fsp3) is 0.435. The van der Waals surface area contributed by atoms with Gasteiger partial charge in [0.15, 0.2) is 0 Å². The van der Waals surface area contributed by atoms with E-state index in [0.29, 0.717) is 46.1 Å². The van der Waals surface area contributed by atoms with Crippen LogP contribution in [0.4, 0.5) is 0 Å². The van der Waals surface area contributed by atoms with Crippen molar-refractivity contribution < 1.29 is 14.6 Å². The number of nitrogens with zero attached hydrogens (tertiary/aromatic N) is 2. The average molecular weight is 480 g/mol. The summed E-state index contributed by atoms with van der Waals surface area (Å²) in [4.78, 5) is 29.3. The highest BCUT2D eigenvalue weighted by Gasteiger charge is 2.20. The molecule has 3 aromatic rings. The maximum atomic E-state index is 13.3. The molecule has 2 aromatic heterocycles. The lowest BCUT2D eigenvalue weighted by atomic mass is 10.1. The lowest BCUT2D eigenvalue weighted by Gasteiger charge is -2.20. The molecule has 0 aliphatic carbocycles. The van der Waals surface area contributed by atoms with Crippen molar-refractivity contribution in [2.75, 3.05) is 6.61 Å². The Balaban J connectivity index is 0.00000363. The van der Waals surface area contributed by atoms with Crippen LogP contribution in [0.1, 0.15) is 54.7 Å². The minimum absolute atomic E-state index is 0. The number of aromatic nitrogens is 2. The topological polar surface area (TPSA) is 107 Å². The van der Waals surface area contributed by atoms with Gasteiger partial charge >= 0.3 is 5.97 Å². The summed E-state index contributed by atoms with van der Waals surface area (Å²) in [6, 6.07) is 5.44. The van der Waals surface area contributed by atoms with Crippen LogP contribution in [-0.2, 0) is 13.1 Å². The quantitative estimate of drug-likeness (QED) is 0.425. The minimum atomic E-state index is -0.993. The van der Waals surface area contributed by atoms with Gasteiger partial charge in [-0.2, -0.15) is 0 Å². The molecule has 0 atom stereocenters. The van der Waals surface area contributed by atoms with Gasteiger partial charge in [-0.3, -0.25) is 4.79 Å². The van der Waals surface area contributed by atoms with Gasteiger partial charge in [0.25, 0.3) is 5.56 Å². The lowest BCUT2D eigenvalue weighted by Crippen LogP contribution is -2.28. The number of nitrogens with two attached hydrogens (primary N) is 1. The van der Waals surface area contributed by atoms with E-state index in [0.717, 1.165) is 29.7 Å². The monoisotopic (exact) mass is 479 g/mol. The van der Waals surface area contributed by atoms with E-state index in [-0.39, 0.29) is 35.3 Å². The Labute approximate surface area is 197 Å². The highest BCUT2D eigenvalue weighted by molar-refractivity contribution is 7.17. The molecule has 0 saturated heterocycles. The highest BCUT2D eigenvalue weighted by atomic mass is 35.5. The normalized spacial score (nSPS) is 11.1. The summed E-state index contributed by atoms with van der Waals surface area (Å²) in [5.41, 5.74) is 7.89. The first-order chi connectivity index (χ1) is 14.8. The standard InChI is InChI=1S/C23H29N3O4S.ClH/c1-5-6-9-30-19-17-10-15(21-25-14(4)20(31-21)23(28)29)7-8-16(17)22(27)26(12-13(2)3)18(19)11-24;/h7-8,10,13H,5-6,9,11-12,24H2,1-4H3,(H,28,29);1H. The summed E-state index contributed by atoms with van der Waals surface area (Å²) >= 11 is 1.12. The third-order valence-electron chi connectivity index (χ3n) is 5.05. The number of pyridine rings is 1. The molecule has 0 unspecified atom stereocenters. The van der Waals surface area contributed by atoms with Crippen molar-refractivity contribution in [1.29, 1.82) is 0 Å². The average Bonchev–Trinajstić information content (AvgIpc) is 3.12. The second-order valence-electron chi connectivity index (χ2n) is 7.99. The van der Waals surface area contributed by atoms with E-state index < -0.39 is 5.97 Å². The van der Waals surface area contributed by atoms with E-state index >= 15 is 0 Å². The van der Waals surface area contributed by atoms with E-state index in [1.165, 1.54) is 0 Å². The first-order valence-electron chi connectivity index (χ1n) is 10.5. The number of hydrogen-bond acceptors (Lipinski definition) is 6. The third-order valence-corrected chi connectivity index (χ3v) is 6.25. The van der Waals surface area contributed by atoms with Crippen LogP contribution in [0, 0.1) is 12.8 Å². The van der Waals surface area contributed by atoms with Crippen molar-refractivity contribution in [2.24, 2.45) is 11.7 Å². The largest absolute Gasteiger partial charge is 0.491 e. The molecule has 2 heterocycles. The Hall–Kier alpha value is -2.42. The number of aromatic carboxylic acids is 1. The summed E-state index contributed by atoms with van der Waals surface area (Å²) in [6.45, 7) is 9.16. The Morgan fingerprint density at radius 2 is 2.03 bits per heavy atom. The van der Waals surface area contributed by atoms with E-state index in [2.05, 4.69) is 25.8 Å². The predicted octanol–water partition coefficient (Wildman–Crippen LogP) is 4.85. The fourth-order valence-corrected chi connectivity index (χ4v) is 4.46. The van der Waals surface area contributed by atoms with E-state index in [4.69, 9.17) is 10.5 Å². The van der Waals surface area contributed by atoms with E-state index in [9.17, 15) is 14.7 Å². The number of rotatable bonds is 9. The number of aryl methyl sites for hydroxylation is 1. The van der Waals surface area contributed by atoms with Gasteiger partial charge in [0.05, 0.1) is 23.4 Å². The van der Waals surface area contributed by atoms with Gasteiger partial charge in [0.1, 0.15) is 15.6 Å². The Morgan fingerprint density at radius 3 is 2.59 bits per heavy atom. The van der Waals surface area contributed by atoms with Crippen molar-refractivity contribution in [2.45, 2.75) is 53.6 Å². The van der Waals surface area contributed by atoms with Gasteiger partial charge in [0.2, 0.25) is 0 Å². The first-order valence-corrected chi connectivity index (χ1v) is 11.3. The Morgan fingerprint density at radius 1 is 1.31 bits per heavy atom. The van der Waals surface area contributed by atoms with Crippen LogP contribution in [0.2, 0.25) is 0 Å². The molecular formula is C23H30ClN3O4S. The van der Waals surface area contributed by atoms with Gasteiger partial charge in [0, 0.05) is 24.0 Å². The number of unbranched alkanes of at least 4 members (excludes halogenated alkanes) is 1. The zero-order chi connectivity index (χ0) is 22.7. The summed E-state index contributed by atoms with van der Waals surface area (Å²) in [5.74, 6) is -0.0941. The van der Waals surface area contributed by atoms with Crippen LogP contribution < -0.4 is 16.0 Å². The maximum absolute atomic E-state index is 13.3. The number of carbonyl (C=O) groups is 1. The van der Waals surface area contributed by atoms with Gasteiger partial charge in [-0.15, -0.1) is 23.7 Å². The molecule has 1 aromatic carbocycles. The second kappa shape index (κ2) is 10.9. The molecule has 0 saturated carbocycles. The van der Waals surface area contributed by atoms with Crippen LogP contribution in [-0.4, -0.2) is 27.2 Å². The second-order valence-corrected chi connectivity index (χ2v) is 8.99. The van der Waals surface area contributed by atoms with Crippen molar-refractivity contribution in [3.63, 3.8) is 0 Å². The zero-order valence-corrected chi connectivity index (χ0v) is 20.4. The molecule has 3 rings (SSSR count). The van der Waals surface area contributed by atoms with Crippen LogP contribution in [0.25, 0.3) is 21.3 Å². The number of carboxylic acid groups (broad SMARTS) is 1. The molecule has 9 heteroatoms. The van der Waals surface area contributed by atoms with Crippen LogP contribution in [0.3, 0.4) is 0 Å². The molecule has 0 radical (unpaired) electrons. The number of thiazole rings is 1. The molecule has 0 aliphatic heterocycles. The molecule has 0 bridgehead atoms. The summed E-state index contributed by atoms with van der Waals surface area (Å²) < 4.78 is 7.89. The van der Waals surface area contributed by atoms with Crippen molar-refractivity contribution >= 4 is 40.5 Å². The van der Waals surface area contributed by atoms with Crippen LogP contribution in [0.15, 0.2) is 23.0 Å². The highest BCUT2D eigenvalue weighted by Crippen LogP contribution is 2.34. The minimum Gasteiger partial charge on any atom is -0.491 e. The predicted molar refractivity (Wildman–Crippen MR) is 131 cm³/mol. The fourth-order valence-electron chi connectivity index (χ4n) is 3.56. The molecule has 0 spiro atoms. The summed E-state index contributed by atoms with van der Waals surface area (Å²) in [5, 5.41) is 11.2. The van der Waals surface area contributed by atoms with E-state index in [1.54, 1.807) is 17.6 Å². The van der Waals surface area contributed by atoms with Crippen molar-refractivity contribution in [3.8, 4) is 16.3 Å². The number of ether oxygens (including phenoxy) is 1. The van der Waals surface area contributed by atoms with Crippen LogP contribution in [0.5, 0.6) is 5.75 Å². The SMILES string of the molecule is CCCCOc1c(CN)n(CC(C)C)c(=O)c2ccc(-c3nc(C)c(C(=O)O)s3)cc12.Cl. The van der Waals surface area contributed by atoms with Crippen LogP contribution >= 0.6 is 23.7 Å². The molecule has 32 heavy (non-hydrogen) atoms. The Kier molecular flexibility index (Phi) is 8.83. The summed E-state index contributed by atoms with van der Waals surface area (Å²) in [6.07, 6.45) is 1.88. The van der Waals surface area contributed by atoms with Gasteiger partial charge in [-0.25, -0.2) is 9.78 Å².